The van der Waals surface area contributed by atoms with Gasteiger partial charge in [-0.3, -0.25) is 9.59 Å². The molecule has 28 heavy (non-hydrogen) atoms. The first-order chi connectivity index (χ1) is 13.3. The van der Waals surface area contributed by atoms with E-state index in [1.807, 2.05) is 25.9 Å². The Morgan fingerprint density at radius 1 is 1.39 bits per heavy atom. The molecule has 6 heteroatoms. The fraction of sp³-hybridized carbons (Fsp3) is 0.682. The van der Waals surface area contributed by atoms with Crippen molar-refractivity contribution in [2.24, 2.45) is 5.92 Å². The first kappa shape index (κ1) is 22.5. The van der Waals surface area contributed by atoms with E-state index in [-0.39, 0.29) is 24.5 Å². The lowest BCUT2D eigenvalue weighted by Crippen LogP contribution is -2.33. The smallest absolute Gasteiger partial charge is 0.323 e. The molecule has 3 unspecified atom stereocenters. The van der Waals surface area contributed by atoms with Gasteiger partial charge in [0.05, 0.1) is 6.42 Å². The highest BCUT2D eigenvalue weighted by Crippen LogP contribution is 2.31. The SMILES string of the molecule is CC=C=C(C)CC(=O)N(C)CCOB1C=C(C(=O)NC2CCC(C)C2)CC1C. The van der Waals surface area contributed by atoms with Crippen molar-refractivity contribution in [1.29, 1.82) is 0 Å². The first-order valence-corrected chi connectivity index (χ1v) is 10.5. The maximum Gasteiger partial charge on any atom is 0.323 e. The Bertz CT molecular complexity index is 667. The molecular formula is C22H35BN2O3. The number of carbonyl (C=O) groups is 2. The molecule has 0 spiro atoms. The van der Waals surface area contributed by atoms with Crippen LogP contribution in [0, 0.1) is 5.92 Å². The van der Waals surface area contributed by atoms with Crippen molar-refractivity contribution in [2.75, 3.05) is 20.2 Å². The zero-order valence-corrected chi connectivity index (χ0v) is 18.1. The number of likely N-dealkylation sites (N-methyl/N-ethyl adjacent to an activating group) is 1. The molecule has 2 rings (SSSR count). The third-order valence-electron chi connectivity index (χ3n) is 5.76. The minimum absolute atomic E-state index is 0.0589. The predicted molar refractivity (Wildman–Crippen MR) is 114 cm³/mol. The zero-order valence-electron chi connectivity index (χ0n) is 18.1. The number of nitrogens with one attached hydrogen (secondary N) is 1. The van der Waals surface area contributed by atoms with Crippen LogP contribution in [-0.4, -0.2) is 49.9 Å². The van der Waals surface area contributed by atoms with Crippen molar-refractivity contribution in [3.05, 3.63) is 28.9 Å². The van der Waals surface area contributed by atoms with E-state index < -0.39 is 0 Å². The molecule has 1 aliphatic carbocycles. The molecule has 3 atom stereocenters. The number of carbonyl (C=O) groups excluding carboxylic acids is 2. The summed E-state index contributed by atoms with van der Waals surface area (Å²) in [5.74, 6) is 3.09. The van der Waals surface area contributed by atoms with Gasteiger partial charge in [0, 0.05) is 31.8 Å². The zero-order chi connectivity index (χ0) is 20.7. The molecule has 0 aromatic rings. The summed E-state index contributed by atoms with van der Waals surface area (Å²) in [5.41, 5.74) is 4.82. The quantitative estimate of drug-likeness (QED) is 0.513. The molecule has 1 saturated carbocycles. The van der Waals surface area contributed by atoms with Crippen LogP contribution in [0.15, 0.2) is 28.9 Å². The molecule has 2 amide bonds. The third kappa shape index (κ3) is 6.68. The number of hydrogen-bond acceptors (Lipinski definition) is 3. The van der Waals surface area contributed by atoms with Gasteiger partial charge in [-0.05, 0) is 62.9 Å². The van der Waals surface area contributed by atoms with Crippen molar-refractivity contribution in [1.82, 2.24) is 10.2 Å². The molecule has 0 aromatic carbocycles. The van der Waals surface area contributed by atoms with Crippen molar-refractivity contribution < 1.29 is 14.2 Å². The third-order valence-corrected chi connectivity index (χ3v) is 5.76. The Kier molecular flexibility index (Phi) is 8.59. The van der Waals surface area contributed by atoms with Crippen LogP contribution in [0.4, 0.5) is 0 Å². The lowest BCUT2D eigenvalue weighted by Gasteiger charge is -2.19. The van der Waals surface area contributed by atoms with Crippen LogP contribution in [0.1, 0.15) is 59.8 Å². The second-order valence-electron chi connectivity index (χ2n) is 8.50. The van der Waals surface area contributed by atoms with Crippen LogP contribution in [0.3, 0.4) is 0 Å². The number of nitrogens with zero attached hydrogens (tertiary/aromatic N) is 1. The normalized spacial score (nSPS) is 23.8. The van der Waals surface area contributed by atoms with Crippen LogP contribution in [0.2, 0.25) is 5.82 Å². The number of amides is 2. The van der Waals surface area contributed by atoms with E-state index in [9.17, 15) is 9.59 Å². The summed E-state index contributed by atoms with van der Waals surface area (Å²) < 4.78 is 5.98. The molecule has 0 radical (unpaired) electrons. The summed E-state index contributed by atoms with van der Waals surface area (Å²) in [6.45, 7) is 9.11. The van der Waals surface area contributed by atoms with Gasteiger partial charge < -0.3 is 14.9 Å². The summed E-state index contributed by atoms with van der Waals surface area (Å²) in [7, 11) is 1.80. The highest BCUT2D eigenvalue weighted by molar-refractivity contribution is 6.61. The predicted octanol–water partition coefficient (Wildman–Crippen LogP) is 3.53. The highest BCUT2D eigenvalue weighted by Gasteiger charge is 2.33. The number of hydrogen-bond donors (Lipinski definition) is 1. The molecule has 0 aromatic heterocycles. The number of rotatable bonds is 8. The topological polar surface area (TPSA) is 58.6 Å². The summed E-state index contributed by atoms with van der Waals surface area (Å²) in [5, 5.41) is 3.18. The maximum atomic E-state index is 12.5. The van der Waals surface area contributed by atoms with Gasteiger partial charge in [0.25, 0.3) is 0 Å². The van der Waals surface area contributed by atoms with Gasteiger partial charge in [-0.1, -0.05) is 19.8 Å². The van der Waals surface area contributed by atoms with Gasteiger partial charge in [-0.25, -0.2) is 0 Å². The molecule has 1 fully saturated rings. The molecular weight excluding hydrogens is 351 g/mol. The average Bonchev–Trinajstić information content (AvgIpc) is 3.20. The molecule has 5 nitrogen and oxygen atoms in total. The van der Waals surface area contributed by atoms with Crippen LogP contribution < -0.4 is 5.32 Å². The summed E-state index contributed by atoms with van der Waals surface area (Å²) in [6, 6.07) is 0.318. The van der Waals surface area contributed by atoms with Gasteiger partial charge in [0.2, 0.25) is 11.8 Å². The largest absolute Gasteiger partial charge is 0.429 e. The van der Waals surface area contributed by atoms with Gasteiger partial charge >= 0.3 is 6.92 Å². The standard InChI is InChI=1S/C22H35BN2O3/c1-6-7-16(2)13-21(26)25(5)10-11-28-23-15-19(14-18(23)4)22(27)24-20-9-8-17(3)12-20/h6,15,17-18,20H,8-14H2,1-5H3,(H,24,27). The molecule has 0 bridgehead atoms. The maximum absolute atomic E-state index is 12.5. The fourth-order valence-corrected chi connectivity index (χ4v) is 4.00. The molecule has 1 heterocycles. The van der Waals surface area contributed by atoms with E-state index >= 15 is 0 Å². The second-order valence-corrected chi connectivity index (χ2v) is 8.50. The lowest BCUT2D eigenvalue weighted by molar-refractivity contribution is -0.129. The summed E-state index contributed by atoms with van der Waals surface area (Å²) >= 11 is 0. The van der Waals surface area contributed by atoms with Crippen LogP contribution in [0.5, 0.6) is 0 Å². The minimum atomic E-state index is -0.0589. The van der Waals surface area contributed by atoms with Gasteiger partial charge in [-0.2, -0.15) is 0 Å². The van der Waals surface area contributed by atoms with Crippen molar-refractivity contribution in [2.45, 2.75) is 71.7 Å². The van der Waals surface area contributed by atoms with E-state index in [0.29, 0.717) is 31.5 Å². The Balaban J connectivity index is 1.76. The second kappa shape index (κ2) is 10.7. The van der Waals surface area contributed by atoms with E-state index in [4.69, 9.17) is 4.65 Å². The average molecular weight is 386 g/mol. The van der Waals surface area contributed by atoms with Gasteiger partial charge in [0.1, 0.15) is 0 Å². The Morgan fingerprint density at radius 3 is 2.79 bits per heavy atom. The van der Waals surface area contributed by atoms with Gasteiger partial charge in [-0.15, -0.1) is 5.73 Å². The van der Waals surface area contributed by atoms with E-state index in [0.717, 1.165) is 30.4 Å². The lowest BCUT2D eigenvalue weighted by atomic mass is 9.60. The fourth-order valence-electron chi connectivity index (χ4n) is 4.00. The summed E-state index contributed by atoms with van der Waals surface area (Å²) in [6.07, 6.45) is 6.31. The van der Waals surface area contributed by atoms with E-state index in [1.54, 1.807) is 11.9 Å². The molecule has 2 aliphatic rings. The Labute approximate surface area is 170 Å². The van der Waals surface area contributed by atoms with Crippen LogP contribution >= 0.6 is 0 Å². The van der Waals surface area contributed by atoms with Crippen molar-refractivity contribution in [3.63, 3.8) is 0 Å². The molecule has 1 aliphatic heterocycles. The van der Waals surface area contributed by atoms with E-state index in [2.05, 4.69) is 24.9 Å². The molecule has 0 saturated heterocycles. The van der Waals surface area contributed by atoms with Crippen LogP contribution in [-0.2, 0) is 14.2 Å². The molecule has 1 N–H and O–H groups in total. The van der Waals surface area contributed by atoms with Crippen molar-refractivity contribution >= 4 is 18.7 Å². The Hall–Kier alpha value is -1.78. The minimum Gasteiger partial charge on any atom is -0.429 e. The van der Waals surface area contributed by atoms with E-state index in [1.165, 1.54) is 6.42 Å². The monoisotopic (exact) mass is 386 g/mol. The molecule has 154 valence electrons. The Morgan fingerprint density at radius 2 is 2.14 bits per heavy atom. The van der Waals surface area contributed by atoms with Crippen molar-refractivity contribution in [3.8, 4) is 0 Å². The first-order valence-electron chi connectivity index (χ1n) is 10.5. The van der Waals surface area contributed by atoms with Crippen LogP contribution in [0.25, 0.3) is 0 Å². The van der Waals surface area contributed by atoms with Gasteiger partial charge in [0.15, 0.2) is 0 Å². The summed E-state index contributed by atoms with van der Waals surface area (Å²) in [4.78, 5) is 26.4. The highest BCUT2D eigenvalue weighted by atomic mass is 16.4.